The van der Waals surface area contributed by atoms with E-state index in [0.29, 0.717) is 0 Å². The summed E-state index contributed by atoms with van der Waals surface area (Å²) in [6.45, 7) is 0. The molecule has 1 aromatic carbocycles. The molecule has 70 valence electrons. The molecule has 0 aliphatic carbocycles. The van der Waals surface area contributed by atoms with Crippen LogP contribution in [-0.4, -0.2) is 11.0 Å². The number of aromatic amines is 1. The Morgan fingerprint density at radius 2 is 2.14 bits per heavy atom. The highest BCUT2D eigenvalue weighted by molar-refractivity contribution is 5.92. The highest BCUT2D eigenvalue weighted by Crippen LogP contribution is 2.18. The Morgan fingerprint density at radius 1 is 1.36 bits per heavy atom. The third kappa shape index (κ3) is 1.52. The van der Waals surface area contributed by atoms with Crippen LogP contribution in [0.15, 0.2) is 36.5 Å². The maximum Gasteiger partial charge on any atom is 0.0643 e. The van der Waals surface area contributed by atoms with Crippen molar-refractivity contribution in [3.05, 3.63) is 42.1 Å². The number of aromatic nitrogens is 1. The second-order valence-electron chi connectivity index (χ2n) is 2.94. The summed E-state index contributed by atoms with van der Waals surface area (Å²) in [5, 5.41) is 11.2. The Hall–Kier alpha value is -2.03. The number of carbonyl (C=O) groups is 1. The number of para-hydroxylation sites is 1. The Morgan fingerprint density at radius 3 is 2.93 bits per heavy atom. The van der Waals surface area contributed by atoms with Crippen LogP contribution in [-0.2, 0) is 4.79 Å². The van der Waals surface area contributed by atoms with Crippen molar-refractivity contribution in [2.45, 2.75) is 0 Å². The van der Waals surface area contributed by atoms with E-state index in [1.54, 1.807) is 6.20 Å². The lowest BCUT2D eigenvalue weighted by atomic mass is 10.1. The van der Waals surface area contributed by atoms with Gasteiger partial charge in [-0.2, -0.15) is 0 Å². The van der Waals surface area contributed by atoms with Gasteiger partial charge >= 0.3 is 0 Å². The first kappa shape index (κ1) is 8.56. The number of hydrogen-bond donors (Lipinski definition) is 1. The molecule has 0 amide bonds. The van der Waals surface area contributed by atoms with Crippen molar-refractivity contribution in [3.8, 4) is 0 Å². The molecule has 0 saturated carbocycles. The summed E-state index contributed by atoms with van der Waals surface area (Å²) in [5.74, 6) is -1.18. The predicted molar refractivity (Wildman–Crippen MR) is 52.3 cm³/mol. The number of nitrogens with one attached hydrogen (secondary N) is 1. The van der Waals surface area contributed by atoms with E-state index in [4.69, 9.17) is 0 Å². The fourth-order valence-corrected chi connectivity index (χ4v) is 1.39. The molecule has 1 heterocycles. The molecule has 0 radical (unpaired) electrons. The van der Waals surface area contributed by atoms with Gasteiger partial charge in [0.05, 0.1) is 5.97 Å². The fraction of sp³-hybridized carbons (Fsp3) is 0. The first-order valence-corrected chi connectivity index (χ1v) is 4.22. The summed E-state index contributed by atoms with van der Waals surface area (Å²) >= 11 is 0. The maximum atomic E-state index is 10.2. The van der Waals surface area contributed by atoms with Gasteiger partial charge in [0.1, 0.15) is 0 Å². The minimum absolute atomic E-state index is 0.852. The van der Waals surface area contributed by atoms with Crippen LogP contribution in [0.5, 0.6) is 0 Å². The average molecular weight is 186 g/mol. The van der Waals surface area contributed by atoms with Crippen molar-refractivity contribution in [1.29, 1.82) is 0 Å². The van der Waals surface area contributed by atoms with Crippen molar-refractivity contribution < 1.29 is 9.90 Å². The van der Waals surface area contributed by atoms with Crippen LogP contribution in [0.1, 0.15) is 5.56 Å². The zero-order valence-electron chi connectivity index (χ0n) is 7.36. The molecular weight excluding hydrogens is 178 g/mol. The van der Waals surface area contributed by atoms with Crippen LogP contribution in [0.3, 0.4) is 0 Å². The number of carbonyl (C=O) groups excluding carboxylic acids is 1. The molecule has 3 nitrogen and oxygen atoms in total. The fourth-order valence-electron chi connectivity index (χ4n) is 1.39. The number of benzene rings is 1. The highest BCUT2D eigenvalue weighted by Gasteiger charge is 1.97. The van der Waals surface area contributed by atoms with Crippen molar-refractivity contribution >= 4 is 22.9 Å². The smallest absolute Gasteiger partial charge is 0.0643 e. The van der Waals surface area contributed by atoms with Crippen LogP contribution in [0, 0.1) is 0 Å². The molecule has 0 fully saturated rings. The summed E-state index contributed by atoms with van der Waals surface area (Å²) in [5.41, 5.74) is 1.84. The van der Waals surface area contributed by atoms with Gasteiger partial charge in [-0.05, 0) is 17.7 Å². The first-order valence-electron chi connectivity index (χ1n) is 4.22. The SMILES string of the molecule is O=C([O-])/C=C\c1c[nH]c2ccccc12. The van der Waals surface area contributed by atoms with Gasteiger partial charge in [-0.25, -0.2) is 0 Å². The first-order chi connectivity index (χ1) is 6.77. The van der Waals surface area contributed by atoms with E-state index in [1.165, 1.54) is 6.08 Å². The third-order valence-electron chi connectivity index (χ3n) is 2.02. The van der Waals surface area contributed by atoms with Crippen LogP contribution in [0.4, 0.5) is 0 Å². The van der Waals surface area contributed by atoms with Gasteiger partial charge in [0.15, 0.2) is 0 Å². The summed E-state index contributed by atoms with van der Waals surface area (Å²) in [6.07, 6.45) is 4.31. The molecule has 0 aliphatic heterocycles. The molecule has 14 heavy (non-hydrogen) atoms. The van der Waals surface area contributed by atoms with E-state index in [1.807, 2.05) is 24.3 Å². The third-order valence-corrected chi connectivity index (χ3v) is 2.02. The quantitative estimate of drug-likeness (QED) is 0.709. The second-order valence-corrected chi connectivity index (χ2v) is 2.94. The molecular formula is C11H8NO2-. The zero-order valence-corrected chi connectivity index (χ0v) is 7.36. The average Bonchev–Trinajstić information content (AvgIpc) is 2.58. The zero-order chi connectivity index (χ0) is 9.97. The van der Waals surface area contributed by atoms with Crippen LogP contribution < -0.4 is 5.11 Å². The Balaban J connectivity index is 2.48. The van der Waals surface area contributed by atoms with Gasteiger partial charge in [0.25, 0.3) is 0 Å². The summed E-state index contributed by atoms with van der Waals surface area (Å²) in [6, 6.07) is 7.70. The molecule has 0 unspecified atom stereocenters. The van der Waals surface area contributed by atoms with Crippen LogP contribution in [0.2, 0.25) is 0 Å². The van der Waals surface area contributed by atoms with Crippen LogP contribution in [0.25, 0.3) is 17.0 Å². The summed E-state index contributed by atoms with van der Waals surface area (Å²) in [7, 11) is 0. The van der Waals surface area contributed by atoms with E-state index >= 15 is 0 Å². The van der Waals surface area contributed by atoms with Crippen molar-refractivity contribution in [2.75, 3.05) is 0 Å². The lowest BCUT2D eigenvalue weighted by molar-refractivity contribution is -0.297. The number of rotatable bonds is 2. The number of aliphatic carboxylic acids is 1. The van der Waals surface area contributed by atoms with Crippen LogP contribution >= 0.6 is 0 Å². The van der Waals surface area contributed by atoms with Gasteiger partial charge in [0, 0.05) is 17.1 Å². The minimum atomic E-state index is -1.18. The molecule has 2 rings (SSSR count). The van der Waals surface area contributed by atoms with E-state index in [0.717, 1.165) is 22.5 Å². The molecule has 0 spiro atoms. The number of fused-ring (bicyclic) bond motifs is 1. The van der Waals surface area contributed by atoms with E-state index in [2.05, 4.69) is 4.98 Å². The standard InChI is InChI=1S/C11H9NO2/c13-11(14)6-5-8-7-12-10-4-2-1-3-9(8)10/h1-7,12H,(H,13,14)/p-1/b6-5-. The monoisotopic (exact) mass is 186 g/mol. The molecule has 2 aromatic rings. The number of carboxylic acids is 1. The van der Waals surface area contributed by atoms with Crippen molar-refractivity contribution in [3.63, 3.8) is 0 Å². The molecule has 0 aliphatic rings. The van der Waals surface area contributed by atoms with Crippen molar-refractivity contribution in [1.82, 2.24) is 4.98 Å². The maximum absolute atomic E-state index is 10.2. The van der Waals surface area contributed by atoms with E-state index in [-0.39, 0.29) is 0 Å². The molecule has 0 bridgehead atoms. The van der Waals surface area contributed by atoms with E-state index < -0.39 is 5.97 Å². The highest BCUT2D eigenvalue weighted by atomic mass is 16.4. The van der Waals surface area contributed by atoms with Gasteiger partial charge in [-0.1, -0.05) is 24.3 Å². The molecule has 0 atom stereocenters. The normalized spacial score (nSPS) is 11.1. The molecule has 1 aromatic heterocycles. The van der Waals surface area contributed by atoms with Gasteiger partial charge in [-0.3, -0.25) is 0 Å². The second kappa shape index (κ2) is 3.38. The Labute approximate surface area is 80.7 Å². The molecule has 0 saturated heterocycles. The number of H-pyrrole nitrogens is 1. The van der Waals surface area contributed by atoms with Gasteiger partial charge in [-0.15, -0.1) is 0 Å². The summed E-state index contributed by atoms with van der Waals surface area (Å²) in [4.78, 5) is 13.3. The van der Waals surface area contributed by atoms with Gasteiger partial charge in [0.2, 0.25) is 0 Å². The summed E-state index contributed by atoms with van der Waals surface area (Å²) < 4.78 is 0. The predicted octanol–water partition coefficient (Wildman–Crippen LogP) is 0.931. The molecule has 1 N–H and O–H groups in total. The number of carboxylic acid groups (broad SMARTS) is 1. The topological polar surface area (TPSA) is 55.9 Å². The van der Waals surface area contributed by atoms with Gasteiger partial charge < -0.3 is 14.9 Å². The Bertz CT molecular complexity index is 497. The lowest BCUT2D eigenvalue weighted by Gasteiger charge is -1.92. The Kier molecular flexibility index (Phi) is 2.07. The van der Waals surface area contributed by atoms with Crippen molar-refractivity contribution in [2.24, 2.45) is 0 Å². The molecule has 3 heteroatoms. The van der Waals surface area contributed by atoms with E-state index in [9.17, 15) is 9.90 Å². The largest absolute Gasteiger partial charge is 0.545 e. The minimum Gasteiger partial charge on any atom is -0.545 e. The lowest BCUT2D eigenvalue weighted by Crippen LogP contribution is -2.18. The number of hydrogen-bond acceptors (Lipinski definition) is 2.